The Balaban J connectivity index is 1.28. The molecule has 5 heterocycles. The number of thioether (sulfide) groups is 1. The summed E-state index contributed by atoms with van der Waals surface area (Å²) in [4.78, 5) is 58.4. The van der Waals surface area contributed by atoms with Crippen LogP contribution in [-0.4, -0.2) is 78.2 Å². The first-order valence-corrected chi connectivity index (χ1v) is 17.4. The second-order valence-corrected chi connectivity index (χ2v) is 14.9. The number of benzene rings is 1. The average Bonchev–Trinajstić information content (AvgIpc) is 3.48. The van der Waals surface area contributed by atoms with E-state index in [1.54, 1.807) is 54.0 Å². The van der Waals surface area contributed by atoms with Gasteiger partial charge in [-0.3, -0.25) is 24.5 Å². The van der Waals surface area contributed by atoms with Crippen molar-refractivity contribution in [3.05, 3.63) is 95.6 Å². The van der Waals surface area contributed by atoms with Gasteiger partial charge in [0.1, 0.15) is 5.60 Å². The zero-order valence-electron chi connectivity index (χ0n) is 27.5. The predicted octanol–water partition coefficient (Wildman–Crippen LogP) is 5.86. The van der Waals surface area contributed by atoms with Gasteiger partial charge in [0.2, 0.25) is 0 Å². The summed E-state index contributed by atoms with van der Waals surface area (Å²) in [6, 6.07) is 16.4. The fourth-order valence-electron chi connectivity index (χ4n) is 7.12. The standard InChI is InChI=1S/C37H40N6O4S/c1-36(2,3)47-35(46)43-30-8-9-31(43)19-28(18-30)23-42-33(45)37(20-25-10-14-39-15-11-25,21-26-12-16-40-17-13-26)41-34(42)48-24-32(44)29-6-4-27(22-38)5-7-29/h4-7,10-17,28,30-31H,8-9,18-21,23-24H2,1-3H3. The number of aromatic nitrogens is 2. The van der Waals surface area contributed by atoms with Gasteiger partial charge in [-0.2, -0.15) is 5.26 Å². The first-order valence-electron chi connectivity index (χ1n) is 16.4. The quantitative estimate of drug-likeness (QED) is 0.260. The molecule has 2 bridgehead atoms. The van der Waals surface area contributed by atoms with Gasteiger partial charge in [-0.05, 0) is 99.9 Å². The lowest BCUT2D eigenvalue weighted by molar-refractivity contribution is -0.131. The highest BCUT2D eigenvalue weighted by molar-refractivity contribution is 8.14. The van der Waals surface area contributed by atoms with Crippen LogP contribution in [0.15, 0.2) is 78.3 Å². The molecule has 11 heteroatoms. The molecule has 0 spiro atoms. The Morgan fingerprint density at radius 1 is 0.938 bits per heavy atom. The topological polar surface area (TPSA) is 129 Å². The number of Topliss-reactive ketones (excluding diaryl/α,β-unsaturated/α-hetero) is 1. The summed E-state index contributed by atoms with van der Waals surface area (Å²) >= 11 is 1.28. The van der Waals surface area contributed by atoms with Crippen molar-refractivity contribution in [2.75, 3.05) is 12.3 Å². The van der Waals surface area contributed by atoms with Crippen molar-refractivity contribution in [2.45, 2.75) is 82.5 Å². The fourth-order valence-corrected chi connectivity index (χ4v) is 8.10. The third-order valence-corrected chi connectivity index (χ3v) is 10.2. The molecule has 10 nitrogen and oxygen atoms in total. The third kappa shape index (κ3) is 7.44. The first kappa shape index (κ1) is 33.3. The third-order valence-electron chi connectivity index (χ3n) is 9.22. The van der Waals surface area contributed by atoms with E-state index in [9.17, 15) is 14.4 Å². The number of fused-ring (bicyclic) bond motifs is 2. The van der Waals surface area contributed by atoms with E-state index in [0.717, 1.165) is 36.8 Å². The molecule has 1 aromatic carbocycles. The van der Waals surface area contributed by atoms with Gasteiger partial charge < -0.3 is 9.64 Å². The highest BCUT2D eigenvalue weighted by Crippen LogP contribution is 2.42. The maximum atomic E-state index is 14.8. The van der Waals surface area contributed by atoms with Crippen LogP contribution in [-0.2, 0) is 22.4 Å². The zero-order chi connectivity index (χ0) is 33.9. The van der Waals surface area contributed by atoms with E-state index in [1.807, 2.05) is 49.9 Å². The molecule has 0 saturated carbocycles. The number of amides is 2. The zero-order valence-corrected chi connectivity index (χ0v) is 28.4. The number of hydrogen-bond donors (Lipinski definition) is 0. The van der Waals surface area contributed by atoms with E-state index in [4.69, 9.17) is 15.0 Å². The van der Waals surface area contributed by atoms with Crippen molar-refractivity contribution in [3.8, 4) is 6.07 Å². The first-order chi connectivity index (χ1) is 23.0. The van der Waals surface area contributed by atoms with Crippen LogP contribution in [0.5, 0.6) is 0 Å². The van der Waals surface area contributed by atoms with E-state index in [-0.39, 0.29) is 41.5 Å². The Bertz CT molecular complexity index is 1660. The molecule has 0 aliphatic carbocycles. The number of ketones is 1. The van der Waals surface area contributed by atoms with E-state index >= 15 is 0 Å². The van der Waals surface area contributed by atoms with Gasteiger partial charge in [-0.15, -0.1) is 0 Å². The number of nitrogens with zero attached hydrogens (tertiary/aromatic N) is 6. The Morgan fingerprint density at radius 2 is 1.50 bits per heavy atom. The molecular weight excluding hydrogens is 625 g/mol. The summed E-state index contributed by atoms with van der Waals surface area (Å²) in [6.45, 7) is 6.10. The molecule has 3 aliphatic heterocycles. The fraction of sp³-hybridized carbons (Fsp3) is 0.432. The normalized spacial score (nSPS) is 21.5. The lowest BCUT2D eigenvalue weighted by Gasteiger charge is -2.40. The molecule has 2 saturated heterocycles. The van der Waals surface area contributed by atoms with Crippen LogP contribution in [0.25, 0.3) is 0 Å². The summed E-state index contributed by atoms with van der Waals surface area (Å²) < 4.78 is 5.75. The minimum absolute atomic E-state index is 0.0608. The van der Waals surface area contributed by atoms with Crippen molar-refractivity contribution in [3.63, 3.8) is 0 Å². The molecule has 2 aromatic heterocycles. The smallest absolute Gasteiger partial charge is 0.410 e. The lowest BCUT2D eigenvalue weighted by atomic mass is 9.84. The minimum Gasteiger partial charge on any atom is -0.444 e. The summed E-state index contributed by atoms with van der Waals surface area (Å²) in [6.07, 6.45) is 10.7. The number of hydrogen-bond acceptors (Lipinski definition) is 9. The van der Waals surface area contributed by atoms with Gasteiger partial charge in [-0.1, -0.05) is 23.9 Å². The van der Waals surface area contributed by atoms with E-state index < -0.39 is 11.1 Å². The molecule has 2 unspecified atom stereocenters. The number of ether oxygens (including phenoxy) is 1. The van der Waals surface area contributed by atoms with Gasteiger partial charge in [0, 0.05) is 61.8 Å². The van der Waals surface area contributed by atoms with Crippen molar-refractivity contribution in [1.29, 1.82) is 5.26 Å². The van der Waals surface area contributed by atoms with Gasteiger partial charge >= 0.3 is 6.09 Å². The van der Waals surface area contributed by atoms with Crippen LogP contribution in [0.4, 0.5) is 4.79 Å². The van der Waals surface area contributed by atoms with Crippen molar-refractivity contribution in [1.82, 2.24) is 19.8 Å². The summed E-state index contributed by atoms with van der Waals surface area (Å²) in [5.41, 5.74) is 1.20. The van der Waals surface area contributed by atoms with Gasteiger partial charge in [-0.25, -0.2) is 9.79 Å². The number of amidine groups is 1. The number of piperidine rings is 1. The minimum atomic E-state index is -1.11. The van der Waals surface area contributed by atoms with Crippen molar-refractivity contribution < 1.29 is 19.1 Å². The molecule has 2 atom stereocenters. The SMILES string of the molecule is CC(C)(C)OC(=O)N1C2CCC1CC(CN1C(=O)C(Cc3ccncc3)(Cc3ccncc3)N=C1SCC(=O)c1ccc(C#N)cc1)C2. The molecule has 0 N–H and O–H groups in total. The molecule has 6 rings (SSSR count). The molecule has 2 amide bonds. The number of nitriles is 1. The molecule has 248 valence electrons. The Labute approximate surface area is 285 Å². The molecule has 3 aromatic rings. The van der Waals surface area contributed by atoms with E-state index in [0.29, 0.717) is 35.7 Å². The number of aliphatic imine (C=N–C) groups is 1. The average molecular weight is 665 g/mol. The van der Waals surface area contributed by atoms with Crippen molar-refractivity contribution in [2.24, 2.45) is 10.9 Å². The van der Waals surface area contributed by atoms with Crippen LogP contribution in [0, 0.1) is 17.2 Å². The monoisotopic (exact) mass is 664 g/mol. The summed E-state index contributed by atoms with van der Waals surface area (Å²) in [5, 5.41) is 9.70. The number of rotatable bonds is 9. The summed E-state index contributed by atoms with van der Waals surface area (Å²) in [5.74, 6) is 0.0514. The van der Waals surface area contributed by atoms with Crippen molar-refractivity contribution >= 4 is 34.7 Å². The highest BCUT2D eigenvalue weighted by Gasteiger charge is 2.51. The number of pyridine rings is 2. The molecule has 2 fully saturated rings. The maximum Gasteiger partial charge on any atom is 0.410 e. The van der Waals surface area contributed by atoms with Crippen LogP contribution >= 0.6 is 11.8 Å². The predicted molar refractivity (Wildman–Crippen MR) is 183 cm³/mol. The van der Waals surface area contributed by atoms with Gasteiger partial charge in [0.05, 0.1) is 17.4 Å². The summed E-state index contributed by atoms with van der Waals surface area (Å²) in [7, 11) is 0. The largest absolute Gasteiger partial charge is 0.444 e. The number of carbonyl (C=O) groups is 3. The van der Waals surface area contributed by atoms with Crippen LogP contribution < -0.4 is 0 Å². The second kappa shape index (κ2) is 13.9. The number of carbonyl (C=O) groups excluding carboxylic acids is 3. The molecule has 0 radical (unpaired) electrons. The Morgan fingerprint density at radius 3 is 2.02 bits per heavy atom. The van der Waals surface area contributed by atoms with Gasteiger partial charge in [0.15, 0.2) is 16.5 Å². The second-order valence-electron chi connectivity index (χ2n) is 13.9. The highest BCUT2D eigenvalue weighted by atomic mass is 32.2. The molecular formula is C37H40N6O4S. The van der Waals surface area contributed by atoms with Crippen LogP contribution in [0.1, 0.15) is 73.5 Å². The van der Waals surface area contributed by atoms with E-state index in [1.165, 1.54) is 11.8 Å². The maximum absolute atomic E-state index is 14.8. The Kier molecular flexibility index (Phi) is 9.65. The Hall–Kier alpha value is -4.56. The molecule has 48 heavy (non-hydrogen) atoms. The van der Waals surface area contributed by atoms with Crippen LogP contribution in [0.2, 0.25) is 0 Å². The van der Waals surface area contributed by atoms with Gasteiger partial charge in [0.25, 0.3) is 5.91 Å². The van der Waals surface area contributed by atoms with Crippen LogP contribution in [0.3, 0.4) is 0 Å². The lowest BCUT2D eigenvalue weighted by Crippen LogP contribution is -2.51. The molecule has 3 aliphatic rings. The van der Waals surface area contributed by atoms with E-state index in [2.05, 4.69) is 16.0 Å².